The molecule has 1 atom stereocenters. The third-order valence-electron chi connectivity index (χ3n) is 3.61. The number of pyridine rings is 1. The van der Waals surface area contributed by atoms with E-state index in [1.165, 1.54) is 24.1 Å². The van der Waals surface area contributed by atoms with Gasteiger partial charge in [-0.05, 0) is 24.5 Å². The first-order chi connectivity index (χ1) is 11.3. The van der Waals surface area contributed by atoms with Crippen LogP contribution in [-0.2, 0) is 16.1 Å². The number of rotatable bonds is 5. The van der Waals surface area contributed by atoms with Crippen LogP contribution in [0, 0.1) is 0 Å². The Labute approximate surface area is 137 Å². The second-order valence-electron chi connectivity index (χ2n) is 5.49. The van der Waals surface area contributed by atoms with Crippen LogP contribution in [0.2, 0.25) is 0 Å². The zero-order chi connectivity index (χ0) is 17.7. The summed E-state index contributed by atoms with van der Waals surface area (Å²) in [4.78, 5) is 28.8. The molecule has 132 valence electrons. The number of amides is 2. The molecule has 1 unspecified atom stereocenters. The lowest BCUT2D eigenvalue weighted by atomic mass is 10.2. The van der Waals surface area contributed by atoms with Crippen molar-refractivity contribution in [3.63, 3.8) is 0 Å². The van der Waals surface area contributed by atoms with Crippen LogP contribution in [0.3, 0.4) is 0 Å². The molecule has 6 nitrogen and oxygen atoms in total. The number of hydrogen-bond donors (Lipinski definition) is 1. The van der Waals surface area contributed by atoms with Crippen LogP contribution in [-0.4, -0.2) is 47.1 Å². The largest absolute Gasteiger partial charge is 0.468 e. The fourth-order valence-electron chi connectivity index (χ4n) is 2.52. The van der Waals surface area contributed by atoms with Crippen LogP contribution in [0.25, 0.3) is 0 Å². The van der Waals surface area contributed by atoms with Gasteiger partial charge in [0.05, 0.1) is 0 Å². The van der Waals surface area contributed by atoms with Crippen LogP contribution in [0.4, 0.5) is 13.2 Å². The van der Waals surface area contributed by atoms with Crippen LogP contribution >= 0.6 is 0 Å². The highest BCUT2D eigenvalue weighted by molar-refractivity contribution is 5.87. The van der Waals surface area contributed by atoms with Gasteiger partial charge >= 0.3 is 6.18 Å². The predicted octanol–water partition coefficient (Wildman–Crippen LogP) is 1.65. The minimum atomic E-state index is -4.44. The van der Waals surface area contributed by atoms with Gasteiger partial charge in [0, 0.05) is 32.3 Å². The second kappa shape index (κ2) is 7.50. The third-order valence-corrected chi connectivity index (χ3v) is 3.61. The van der Waals surface area contributed by atoms with Gasteiger partial charge in [-0.15, -0.1) is 0 Å². The van der Waals surface area contributed by atoms with Crippen molar-refractivity contribution in [2.45, 2.75) is 38.5 Å². The quantitative estimate of drug-likeness (QED) is 0.881. The Bertz CT molecular complexity index is 607. The number of carbonyl (C=O) groups is 2. The van der Waals surface area contributed by atoms with Crippen molar-refractivity contribution in [2.24, 2.45) is 0 Å². The lowest BCUT2D eigenvalue weighted by Crippen LogP contribution is -2.44. The molecule has 2 rings (SSSR count). The van der Waals surface area contributed by atoms with E-state index in [-0.39, 0.29) is 24.2 Å². The first-order valence-corrected chi connectivity index (χ1v) is 7.45. The average Bonchev–Trinajstić information content (AvgIpc) is 3.00. The van der Waals surface area contributed by atoms with Crippen molar-refractivity contribution in [3.05, 3.63) is 23.9 Å². The van der Waals surface area contributed by atoms with Gasteiger partial charge in [0.15, 0.2) is 6.61 Å². The highest BCUT2D eigenvalue weighted by atomic mass is 19.4. The molecule has 1 aromatic rings. The summed E-state index contributed by atoms with van der Waals surface area (Å²) in [6, 6.07) is 2.41. The van der Waals surface area contributed by atoms with E-state index in [4.69, 9.17) is 0 Å². The van der Waals surface area contributed by atoms with Gasteiger partial charge < -0.3 is 15.0 Å². The minimum Gasteiger partial charge on any atom is -0.468 e. The number of hydrogen-bond acceptors (Lipinski definition) is 4. The Balaban J connectivity index is 1.90. The Morgan fingerprint density at radius 1 is 1.46 bits per heavy atom. The normalized spacial score (nSPS) is 17.7. The standard InChI is InChI=1S/C15H18F3N3O3/c1-10(22)21-6-2-3-12(21)14(23)20-8-11-4-5-19-13(7-11)24-9-15(16,17)18/h4-5,7,12H,2-3,6,8-9H2,1H3,(H,20,23). The first kappa shape index (κ1) is 18.0. The topological polar surface area (TPSA) is 71.5 Å². The fourth-order valence-corrected chi connectivity index (χ4v) is 2.52. The van der Waals surface area contributed by atoms with E-state index in [0.29, 0.717) is 18.5 Å². The molecule has 24 heavy (non-hydrogen) atoms. The van der Waals surface area contributed by atoms with Gasteiger partial charge in [-0.2, -0.15) is 13.2 Å². The summed E-state index contributed by atoms with van der Waals surface area (Å²) in [5.74, 6) is -0.595. The van der Waals surface area contributed by atoms with E-state index < -0.39 is 18.8 Å². The van der Waals surface area contributed by atoms with Crippen molar-refractivity contribution in [1.29, 1.82) is 0 Å². The molecule has 1 aliphatic heterocycles. The van der Waals surface area contributed by atoms with E-state index in [0.717, 1.165) is 6.42 Å². The van der Waals surface area contributed by atoms with E-state index in [1.807, 2.05) is 0 Å². The highest BCUT2D eigenvalue weighted by Crippen LogP contribution is 2.19. The van der Waals surface area contributed by atoms with E-state index in [1.54, 1.807) is 6.07 Å². The van der Waals surface area contributed by atoms with E-state index in [2.05, 4.69) is 15.0 Å². The Morgan fingerprint density at radius 2 is 2.21 bits per heavy atom. The lowest BCUT2D eigenvalue weighted by Gasteiger charge is -2.22. The maximum Gasteiger partial charge on any atom is 0.422 e. The molecular weight excluding hydrogens is 327 g/mol. The van der Waals surface area contributed by atoms with E-state index >= 15 is 0 Å². The lowest BCUT2D eigenvalue weighted by molar-refractivity contribution is -0.154. The number of likely N-dealkylation sites (tertiary alicyclic amines) is 1. The minimum absolute atomic E-state index is 0.117. The summed E-state index contributed by atoms with van der Waals surface area (Å²) in [7, 11) is 0. The summed E-state index contributed by atoms with van der Waals surface area (Å²) < 4.78 is 40.9. The van der Waals surface area contributed by atoms with Crippen molar-refractivity contribution >= 4 is 11.8 Å². The molecule has 1 aliphatic rings. The fraction of sp³-hybridized carbons (Fsp3) is 0.533. The molecule has 0 aliphatic carbocycles. The van der Waals surface area contributed by atoms with Gasteiger partial charge in [-0.25, -0.2) is 4.98 Å². The molecule has 1 N–H and O–H groups in total. The van der Waals surface area contributed by atoms with Crippen LogP contribution in [0.1, 0.15) is 25.3 Å². The molecule has 0 bridgehead atoms. The molecule has 9 heteroatoms. The molecule has 0 saturated carbocycles. The maximum atomic E-state index is 12.2. The van der Waals surface area contributed by atoms with Crippen molar-refractivity contribution in [2.75, 3.05) is 13.2 Å². The van der Waals surface area contributed by atoms with Crippen LogP contribution < -0.4 is 10.1 Å². The summed E-state index contributed by atoms with van der Waals surface area (Å²) in [5, 5.41) is 2.69. The SMILES string of the molecule is CC(=O)N1CCCC1C(=O)NCc1ccnc(OCC(F)(F)F)c1. The van der Waals surface area contributed by atoms with E-state index in [9.17, 15) is 22.8 Å². The number of ether oxygens (including phenoxy) is 1. The molecule has 0 radical (unpaired) electrons. The molecule has 2 heterocycles. The number of nitrogens with one attached hydrogen (secondary N) is 1. The van der Waals surface area contributed by atoms with Crippen LogP contribution in [0.15, 0.2) is 18.3 Å². The summed E-state index contributed by atoms with van der Waals surface area (Å²) in [6.45, 7) is 0.661. The number of aromatic nitrogens is 1. The van der Waals surface area contributed by atoms with Crippen LogP contribution in [0.5, 0.6) is 5.88 Å². The molecular formula is C15H18F3N3O3. The smallest absolute Gasteiger partial charge is 0.422 e. The zero-order valence-corrected chi connectivity index (χ0v) is 13.1. The maximum absolute atomic E-state index is 12.2. The average molecular weight is 345 g/mol. The molecule has 2 amide bonds. The van der Waals surface area contributed by atoms with Gasteiger partial charge in [-0.1, -0.05) is 0 Å². The van der Waals surface area contributed by atoms with Gasteiger partial charge in [0.1, 0.15) is 6.04 Å². The molecule has 1 fully saturated rings. The summed E-state index contributed by atoms with van der Waals surface area (Å²) >= 11 is 0. The molecule has 1 saturated heterocycles. The van der Waals surface area contributed by atoms with Gasteiger partial charge in [0.2, 0.25) is 17.7 Å². The Hall–Kier alpha value is -2.32. The Morgan fingerprint density at radius 3 is 2.88 bits per heavy atom. The Kier molecular flexibility index (Phi) is 5.63. The van der Waals surface area contributed by atoms with Gasteiger partial charge in [0.25, 0.3) is 0 Å². The molecule has 0 spiro atoms. The number of nitrogens with zero attached hydrogens (tertiary/aromatic N) is 2. The highest BCUT2D eigenvalue weighted by Gasteiger charge is 2.32. The number of carbonyl (C=O) groups excluding carboxylic acids is 2. The third kappa shape index (κ3) is 5.10. The first-order valence-electron chi connectivity index (χ1n) is 7.45. The van der Waals surface area contributed by atoms with Crippen molar-refractivity contribution in [3.8, 4) is 5.88 Å². The number of halogens is 3. The summed E-state index contributed by atoms with van der Waals surface area (Å²) in [6.07, 6.45) is -1.76. The zero-order valence-electron chi connectivity index (χ0n) is 13.1. The van der Waals surface area contributed by atoms with Crippen molar-refractivity contribution < 1.29 is 27.5 Å². The van der Waals surface area contributed by atoms with Gasteiger partial charge in [-0.3, -0.25) is 9.59 Å². The summed E-state index contributed by atoms with van der Waals surface area (Å²) in [5.41, 5.74) is 0.558. The number of alkyl halides is 3. The molecule has 0 aromatic carbocycles. The molecule has 1 aromatic heterocycles. The van der Waals surface area contributed by atoms with Crippen molar-refractivity contribution in [1.82, 2.24) is 15.2 Å². The predicted molar refractivity (Wildman–Crippen MR) is 78.0 cm³/mol. The second-order valence-corrected chi connectivity index (χ2v) is 5.49. The monoisotopic (exact) mass is 345 g/mol.